The molecular formula is C30H40N4O7. The Balaban J connectivity index is 1.45. The molecule has 3 amide bonds. The van der Waals surface area contributed by atoms with Gasteiger partial charge in [-0.15, -0.1) is 0 Å². The lowest BCUT2D eigenvalue weighted by molar-refractivity contribution is -0.134. The normalized spacial score (nSPS) is 20.5. The lowest BCUT2D eigenvalue weighted by Gasteiger charge is -2.26. The second-order valence-corrected chi connectivity index (χ2v) is 11.3. The molecule has 41 heavy (non-hydrogen) atoms. The number of ether oxygens (including phenoxy) is 2. The summed E-state index contributed by atoms with van der Waals surface area (Å²) in [4.78, 5) is 52.6. The van der Waals surface area contributed by atoms with Gasteiger partial charge in [0.05, 0.1) is 31.9 Å². The van der Waals surface area contributed by atoms with Crippen LogP contribution in [0.2, 0.25) is 0 Å². The molecule has 0 unspecified atom stereocenters. The predicted molar refractivity (Wildman–Crippen MR) is 149 cm³/mol. The number of benzene rings is 1. The van der Waals surface area contributed by atoms with Crippen LogP contribution >= 0.6 is 0 Å². The zero-order valence-corrected chi connectivity index (χ0v) is 24.2. The molecule has 2 fully saturated rings. The van der Waals surface area contributed by atoms with Crippen LogP contribution in [0.4, 0.5) is 0 Å². The fraction of sp³-hybridized carbons (Fsp3) is 0.567. The average Bonchev–Trinajstić information content (AvgIpc) is 3.28. The topological polar surface area (TPSA) is 152 Å². The van der Waals surface area contributed by atoms with E-state index in [1.165, 1.54) is 0 Å². The average molecular weight is 569 g/mol. The Labute approximate surface area is 240 Å². The largest absolute Gasteiger partial charge is 0.497 e. The van der Waals surface area contributed by atoms with Crippen LogP contribution in [0.25, 0.3) is 0 Å². The molecule has 4 atom stereocenters. The quantitative estimate of drug-likeness (QED) is 0.293. The standard InChI is InChI=1S/C30H40N4O7/c1-18-13-23(41-34-18)16-26(35)31-19(2)28(37)33-25(15-21-9-11-22(39-4)12-10-21)29(38)32-24(14-20-7-5-6-8-20)27(36)30(3)17-40-30/h9-13,19-20,24-25H,5-8,14-17H2,1-4H3,(H,31,35)(H,32,38)(H,33,37)/t19-,24+,25+,30-/m1/s1. The second kappa shape index (κ2) is 13.3. The highest BCUT2D eigenvalue weighted by Crippen LogP contribution is 2.33. The number of carbonyl (C=O) groups is 4. The molecule has 4 rings (SSSR count). The van der Waals surface area contributed by atoms with Crippen molar-refractivity contribution in [2.75, 3.05) is 13.7 Å². The maximum absolute atomic E-state index is 13.7. The molecule has 11 nitrogen and oxygen atoms in total. The van der Waals surface area contributed by atoms with Gasteiger partial charge in [0.15, 0.2) is 5.78 Å². The highest BCUT2D eigenvalue weighted by atomic mass is 16.6. The van der Waals surface area contributed by atoms with Gasteiger partial charge in [-0.1, -0.05) is 43.0 Å². The number of ketones is 1. The van der Waals surface area contributed by atoms with Gasteiger partial charge in [0.2, 0.25) is 17.7 Å². The summed E-state index contributed by atoms with van der Waals surface area (Å²) in [7, 11) is 1.57. The first-order valence-electron chi connectivity index (χ1n) is 14.2. The summed E-state index contributed by atoms with van der Waals surface area (Å²) < 4.78 is 15.7. The van der Waals surface area contributed by atoms with E-state index in [9.17, 15) is 19.2 Å². The van der Waals surface area contributed by atoms with Crippen molar-refractivity contribution in [3.63, 3.8) is 0 Å². The molecule has 1 aromatic heterocycles. The number of hydrogen-bond donors (Lipinski definition) is 3. The number of nitrogens with one attached hydrogen (secondary N) is 3. The fourth-order valence-electron chi connectivity index (χ4n) is 5.22. The molecule has 1 saturated carbocycles. The van der Waals surface area contributed by atoms with Crippen molar-refractivity contribution >= 4 is 23.5 Å². The summed E-state index contributed by atoms with van der Waals surface area (Å²) in [5.41, 5.74) is 0.560. The van der Waals surface area contributed by atoms with E-state index in [-0.39, 0.29) is 18.6 Å². The van der Waals surface area contributed by atoms with Crippen molar-refractivity contribution in [2.24, 2.45) is 5.92 Å². The van der Waals surface area contributed by atoms with Gasteiger partial charge in [-0.25, -0.2) is 0 Å². The number of amides is 3. The van der Waals surface area contributed by atoms with Crippen molar-refractivity contribution in [3.05, 3.63) is 47.3 Å². The van der Waals surface area contributed by atoms with Gasteiger partial charge in [-0.2, -0.15) is 0 Å². The first-order chi connectivity index (χ1) is 19.6. The van der Waals surface area contributed by atoms with E-state index in [0.29, 0.717) is 36.1 Å². The van der Waals surface area contributed by atoms with Gasteiger partial charge in [0.25, 0.3) is 0 Å². The first kappa shape index (κ1) is 30.2. The fourth-order valence-corrected chi connectivity index (χ4v) is 5.22. The van der Waals surface area contributed by atoms with Crippen molar-refractivity contribution in [2.45, 2.75) is 89.4 Å². The summed E-state index contributed by atoms with van der Waals surface area (Å²) in [5, 5.41) is 12.1. The van der Waals surface area contributed by atoms with Gasteiger partial charge in [-0.05, 0) is 50.8 Å². The summed E-state index contributed by atoms with van der Waals surface area (Å²) in [6, 6.07) is 6.21. The number of hydrogen-bond acceptors (Lipinski definition) is 8. The van der Waals surface area contributed by atoms with Gasteiger partial charge in [-0.3, -0.25) is 19.2 Å². The number of aromatic nitrogens is 1. The molecule has 2 aliphatic rings. The van der Waals surface area contributed by atoms with E-state index in [4.69, 9.17) is 14.0 Å². The smallest absolute Gasteiger partial charge is 0.243 e. The predicted octanol–water partition coefficient (Wildman–Crippen LogP) is 2.19. The molecule has 1 aliphatic heterocycles. The van der Waals surface area contributed by atoms with Crippen molar-refractivity contribution < 1.29 is 33.2 Å². The van der Waals surface area contributed by atoms with Crippen molar-refractivity contribution in [1.82, 2.24) is 21.1 Å². The minimum atomic E-state index is -0.987. The van der Waals surface area contributed by atoms with Crippen LogP contribution in [0.5, 0.6) is 5.75 Å². The highest BCUT2D eigenvalue weighted by molar-refractivity contribution is 5.98. The lowest BCUT2D eigenvalue weighted by Crippen LogP contribution is -2.57. The maximum atomic E-state index is 13.7. The van der Waals surface area contributed by atoms with E-state index in [1.54, 1.807) is 46.1 Å². The third-order valence-corrected chi connectivity index (χ3v) is 7.79. The van der Waals surface area contributed by atoms with E-state index in [1.807, 2.05) is 12.1 Å². The SMILES string of the molecule is COc1ccc(C[C@H](NC(=O)[C@@H](C)NC(=O)Cc2cc(C)no2)C(=O)N[C@@H](CC2CCCC2)C(=O)[C@@]2(C)CO2)cc1. The van der Waals surface area contributed by atoms with Crippen molar-refractivity contribution in [1.29, 1.82) is 0 Å². The first-order valence-corrected chi connectivity index (χ1v) is 14.2. The molecule has 1 aromatic carbocycles. The molecule has 222 valence electrons. The van der Waals surface area contributed by atoms with Crippen LogP contribution in [-0.2, 0) is 36.8 Å². The zero-order chi connectivity index (χ0) is 29.6. The van der Waals surface area contributed by atoms with E-state index in [0.717, 1.165) is 31.2 Å². The lowest BCUT2D eigenvalue weighted by atomic mass is 9.90. The van der Waals surface area contributed by atoms with E-state index in [2.05, 4.69) is 21.1 Å². The molecule has 2 heterocycles. The highest BCUT2D eigenvalue weighted by Gasteiger charge is 2.50. The maximum Gasteiger partial charge on any atom is 0.243 e. The zero-order valence-electron chi connectivity index (χ0n) is 24.2. The summed E-state index contributed by atoms with van der Waals surface area (Å²) in [6.45, 7) is 5.36. The number of nitrogens with zero attached hydrogens (tertiary/aromatic N) is 1. The van der Waals surface area contributed by atoms with E-state index >= 15 is 0 Å². The Morgan fingerprint density at radius 2 is 1.71 bits per heavy atom. The number of aryl methyl sites for hydroxylation is 1. The molecule has 2 aromatic rings. The Hall–Kier alpha value is -3.73. The monoisotopic (exact) mass is 568 g/mol. The van der Waals surface area contributed by atoms with Gasteiger partial charge in [0, 0.05) is 12.5 Å². The molecule has 3 N–H and O–H groups in total. The molecule has 0 bridgehead atoms. The minimum Gasteiger partial charge on any atom is -0.497 e. The molecule has 1 aliphatic carbocycles. The van der Waals surface area contributed by atoms with Crippen LogP contribution in [0.3, 0.4) is 0 Å². The second-order valence-electron chi connectivity index (χ2n) is 11.3. The third kappa shape index (κ3) is 8.39. The number of epoxide rings is 1. The minimum absolute atomic E-state index is 0.0694. The van der Waals surface area contributed by atoms with Crippen LogP contribution in [0.1, 0.15) is 63.0 Å². The summed E-state index contributed by atoms with van der Waals surface area (Å²) >= 11 is 0. The van der Waals surface area contributed by atoms with Crippen LogP contribution < -0.4 is 20.7 Å². The van der Waals surface area contributed by atoms with Crippen LogP contribution in [-0.4, -0.2) is 66.1 Å². The third-order valence-electron chi connectivity index (χ3n) is 7.79. The molecule has 1 saturated heterocycles. The van der Waals surface area contributed by atoms with Crippen LogP contribution in [0, 0.1) is 12.8 Å². The Morgan fingerprint density at radius 3 is 2.29 bits per heavy atom. The molecule has 11 heteroatoms. The van der Waals surface area contributed by atoms with Crippen molar-refractivity contribution in [3.8, 4) is 5.75 Å². The Kier molecular flexibility index (Phi) is 9.80. The number of rotatable bonds is 14. The molecular weight excluding hydrogens is 528 g/mol. The van der Waals surface area contributed by atoms with Crippen LogP contribution in [0.15, 0.2) is 34.9 Å². The molecule has 0 spiro atoms. The van der Waals surface area contributed by atoms with Gasteiger partial charge in [0.1, 0.15) is 29.2 Å². The summed E-state index contributed by atoms with van der Waals surface area (Å²) in [5.74, 6) is -0.157. The number of carbonyl (C=O) groups excluding carboxylic acids is 4. The molecule has 0 radical (unpaired) electrons. The Bertz CT molecular complexity index is 1230. The van der Waals surface area contributed by atoms with Gasteiger partial charge < -0.3 is 29.9 Å². The van der Waals surface area contributed by atoms with Gasteiger partial charge >= 0.3 is 0 Å². The van der Waals surface area contributed by atoms with E-state index < -0.39 is 41.4 Å². The number of methoxy groups -OCH3 is 1. The summed E-state index contributed by atoms with van der Waals surface area (Å²) in [6.07, 6.45) is 4.92. The number of Topliss-reactive ketones (excluding diaryl/α,β-unsaturated/α-hetero) is 1. The Morgan fingerprint density at radius 1 is 1.05 bits per heavy atom.